The summed E-state index contributed by atoms with van der Waals surface area (Å²) in [5.74, 6) is -1.36. The number of ketones is 1. The van der Waals surface area contributed by atoms with Crippen LogP contribution in [-0.4, -0.2) is 26.5 Å². The number of aromatic hydroxyl groups is 1. The summed E-state index contributed by atoms with van der Waals surface area (Å²) in [5.41, 5.74) is -0.447. The molecule has 0 amide bonds. The maximum atomic E-state index is 13.1. The Morgan fingerprint density at radius 2 is 2.03 bits per heavy atom. The van der Waals surface area contributed by atoms with E-state index in [4.69, 9.17) is 4.74 Å². The number of carbonyl (C=O) groups is 1. The van der Waals surface area contributed by atoms with Gasteiger partial charge in [0, 0.05) is 12.4 Å². The fourth-order valence-electron chi connectivity index (χ4n) is 3.04. The van der Waals surface area contributed by atoms with E-state index in [1.807, 2.05) is 6.07 Å². The summed E-state index contributed by atoms with van der Waals surface area (Å²) in [6.45, 7) is 2.82. The summed E-state index contributed by atoms with van der Waals surface area (Å²) in [7, 11) is 0. The zero-order chi connectivity index (χ0) is 21.8. The number of Topliss-reactive ketones (excluding diaryl/α,β-unsaturated/α-hetero) is 1. The highest BCUT2D eigenvalue weighted by Crippen LogP contribution is 2.25. The number of halogens is 1. The minimum atomic E-state index is -1.06. The van der Waals surface area contributed by atoms with Crippen molar-refractivity contribution in [3.63, 3.8) is 0 Å². The first-order valence-electron chi connectivity index (χ1n) is 9.05. The van der Waals surface area contributed by atoms with E-state index in [0.717, 1.165) is 4.57 Å². The molecule has 3 rings (SSSR count). The van der Waals surface area contributed by atoms with Crippen LogP contribution in [0, 0.1) is 24.1 Å². The van der Waals surface area contributed by atoms with E-state index in [0.29, 0.717) is 5.56 Å². The number of ether oxygens (including phenoxy) is 1. The Hall–Kier alpha value is -3.99. The Balaban J connectivity index is 2.03. The normalized spacial score (nSPS) is 11.5. The molecule has 1 unspecified atom stereocenters. The molecule has 2 aromatic heterocycles. The molecule has 0 radical (unpaired) electrons. The molecule has 0 aliphatic rings. The Bertz CT molecular complexity index is 1180. The van der Waals surface area contributed by atoms with Crippen LogP contribution < -0.4 is 10.3 Å². The Morgan fingerprint density at radius 3 is 2.63 bits per heavy atom. The molecular weight excluding hydrogens is 389 g/mol. The monoisotopic (exact) mass is 407 g/mol. The Morgan fingerprint density at radius 1 is 1.33 bits per heavy atom. The first kappa shape index (κ1) is 20.7. The summed E-state index contributed by atoms with van der Waals surface area (Å²) < 4.78 is 19.6. The number of nitriles is 1. The smallest absolute Gasteiger partial charge is 0.271 e. The summed E-state index contributed by atoms with van der Waals surface area (Å²) >= 11 is 0. The maximum Gasteiger partial charge on any atom is 0.271 e. The fraction of sp³-hybridized carbons (Fsp3) is 0.182. The minimum absolute atomic E-state index is 0.0685. The van der Waals surface area contributed by atoms with Crippen molar-refractivity contribution in [3.05, 3.63) is 87.2 Å². The lowest BCUT2D eigenvalue weighted by atomic mass is 9.99. The van der Waals surface area contributed by atoms with Crippen LogP contribution in [0.4, 0.5) is 4.39 Å². The van der Waals surface area contributed by atoms with Gasteiger partial charge in [0.2, 0.25) is 11.7 Å². The lowest BCUT2D eigenvalue weighted by Gasteiger charge is -2.19. The van der Waals surface area contributed by atoms with Gasteiger partial charge in [0.25, 0.3) is 5.56 Å². The van der Waals surface area contributed by atoms with Gasteiger partial charge < -0.3 is 9.84 Å². The van der Waals surface area contributed by atoms with Crippen LogP contribution in [-0.2, 0) is 6.54 Å². The lowest BCUT2D eigenvalue weighted by molar-refractivity contribution is 0.0812. The molecule has 0 saturated heterocycles. The average Bonchev–Trinajstić information content (AvgIpc) is 2.74. The molecule has 0 saturated carbocycles. The maximum absolute atomic E-state index is 13.1. The van der Waals surface area contributed by atoms with Crippen LogP contribution in [0.1, 0.15) is 34.0 Å². The molecule has 0 spiro atoms. The van der Waals surface area contributed by atoms with Gasteiger partial charge in [-0.05, 0) is 55.3 Å². The van der Waals surface area contributed by atoms with Crippen LogP contribution in [0.5, 0.6) is 11.6 Å². The number of benzene rings is 1. The van der Waals surface area contributed by atoms with E-state index in [1.165, 1.54) is 44.3 Å². The molecule has 30 heavy (non-hydrogen) atoms. The van der Waals surface area contributed by atoms with Crippen LogP contribution in [0.3, 0.4) is 0 Å². The first-order chi connectivity index (χ1) is 14.3. The third kappa shape index (κ3) is 4.05. The van der Waals surface area contributed by atoms with Crippen LogP contribution >= 0.6 is 0 Å². The summed E-state index contributed by atoms with van der Waals surface area (Å²) in [6.07, 6.45) is 2.02. The topological polar surface area (TPSA) is 105 Å². The van der Waals surface area contributed by atoms with Gasteiger partial charge >= 0.3 is 0 Å². The van der Waals surface area contributed by atoms with Gasteiger partial charge in [-0.15, -0.1) is 0 Å². The van der Waals surface area contributed by atoms with Crippen molar-refractivity contribution in [2.75, 3.05) is 0 Å². The van der Waals surface area contributed by atoms with E-state index in [2.05, 4.69) is 4.98 Å². The molecule has 0 fully saturated rings. The zero-order valence-corrected chi connectivity index (χ0v) is 16.3. The van der Waals surface area contributed by atoms with Crippen molar-refractivity contribution < 1.29 is 19.0 Å². The van der Waals surface area contributed by atoms with Gasteiger partial charge in [0.1, 0.15) is 23.2 Å². The van der Waals surface area contributed by atoms with Crippen molar-refractivity contribution in [1.82, 2.24) is 9.55 Å². The number of aromatic nitrogens is 2. The quantitative estimate of drug-likeness (QED) is 0.630. The van der Waals surface area contributed by atoms with Crippen molar-refractivity contribution in [2.24, 2.45) is 0 Å². The van der Waals surface area contributed by atoms with Crippen LogP contribution in [0.25, 0.3) is 0 Å². The summed E-state index contributed by atoms with van der Waals surface area (Å²) in [4.78, 5) is 29.7. The van der Waals surface area contributed by atoms with E-state index < -0.39 is 29.1 Å². The predicted octanol–water partition coefficient (Wildman–Crippen LogP) is 2.97. The Labute approximate surface area is 171 Å². The van der Waals surface area contributed by atoms with E-state index in [9.17, 15) is 24.3 Å². The summed E-state index contributed by atoms with van der Waals surface area (Å²) in [5, 5.41) is 20.2. The lowest BCUT2D eigenvalue weighted by Crippen LogP contribution is -2.31. The van der Waals surface area contributed by atoms with E-state index in [-0.39, 0.29) is 29.0 Å². The number of hydrogen-bond acceptors (Lipinski definition) is 6. The van der Waals surface area contributed by atoms with Gasteiger partial charge in [0.15, 0.2) is 6.10 Å². The Kier molecular flexibility index (Phi) is 5.93. The van der Waals surface area contributed by atoms with Gasteiger partial charge in [0.05, 0.1) is 12.1 Å². The minimum Gasteiger partial charge on any atom is -0.494 e. The third-order valence-corrected chi connectivity index (χ3v) is 4.61. The SMILES string of the molecule is Cc1c(C(=O)C(C)Oc2ccc(F)cc2)c(O)n(Cc2cccnc2)c(=O)c1C#N. The number of nitrogens with zero attached hydrogens (tertiary/aromatic N) is 3. The number of carbonyl (C=O) groups excluding carboxylic acids is 1. The van der Waals surface area contributed by atoms with Gasteiger partial charge in [-0.2, -0.15) is 5.26 Å². The molecule has 3 aromatic rings. The number of rotatable bonds is 6. The molecule has 7 nitrogen and oxygen atoms in total. The van der Waals surface area contributed by atoms with E-state index in [1.54, 1.807) is 18.3 Å². The third-order valence-electron chi connectivity index (χ3n) is 4.61. The molecule has 0 aliphatic carbocycles. The summed E-state index contributed by atoms with van der Waals surface area (Å²) in [6, 6.07) is 10.3. The molecule has 8 heteroatoms. The van der Waals surface area contributed by atoms with Crippen LogP contribution in [0.2, 0.25) is 0 Å². The standard InChI is InChI=1S/C22H18FN3O4/c1-13-18(10-24)21(28)26(12-15-4-3-9-25-11-15)22(29)19(13)20(27)14(2)30-17-7-5-16(23)6-8-17/h3-9,11,14,29H,12H2,1-2H3. The fourth-order valence-corrected chi connectivity index (χ4v) is 3.04. The highest BCUT2D eigenvalue weighted by molar-refractivity contribution is 6.03. The molecule has 0 bridgehead atoms. The molecular formula is C22H18FN3O4. The van der Waals surface area contributed by atoms with Crippen molar-refractivity contribution in [1.29, 1.82) is 5.26 Å². The predicted molar refractivity (Wildman–Crippen MR) is 106 cm³/mol. The molecule has 0 aliphatic heterocycles. The molecule has 2 heterocycles. The van der Waals surface area contributed by atoms with Crippen molar-refractivity contribution in [2.45, 2.75) is 26.5 Å². The number of pyridine rings is 2. The van der Waals surface area contributed by atoms with E-state index >= 15 is 0 Å². The first-order valence-corrected chi connectivity index (χ1v) is 9.05. The van der Waals surface area contributed by atoms with Crippen molar-refractivity contribution in [3.8, 4) is 17.7 Å². The highest BCUT2D eigenvalue weighted by atomic mass is 19.1. The number of hydrogen-bond donors (Lipinski definition) is 1. The van der Waals surface area contributed by atoms with Gasteiger partial charge in [-0.3, -0.25) is 19.1 Å². The zero-order valence-electron chi connectivity index (χ0n) is 16.3. The second-order valence-electron chi connectivity index (χ2n) is 6.64. The van der Waals surface area contributed by atoms with Crippen LogP contribution in [0.15, 0.2) is 53.6 Å². The molecule has 152 valence electrons. The molecule has 1 atom stereocenters. The molecule has 1 N–H and O–H groups in total. The highest BCUT2D eigenvalue weighted by Gasteiger charge is 2.28. The van der Waals surface area contributed by atoms with Gasteiger partial charge in [-0.25, -0.2) is 4.39 Å². The second kappa shape index (κ2) is 8.57. The second-order valence-corrected chi connectivity index (χ2v) is 6.64. The van der Waals surface area contributed by atoms with Crippen molar-refractivity contribution >= 4 is 5.78 Å². The average molecular weight is 407 g/mol. The largest absolute Gasteiger partial charge is 0.494 e. The molecule has 1 aromatic carbocycles. The van der Waals surface area contributed by atoms with Gasteiger partial charge in [-0.1, -0.05) is 6.07 Å².